The monoisotopic (exact) mass is 371 g/mol. The van der Waals surface area contributed by atoms with E-state index in [1.807, 2.05) is 59.3 Å². The molecule has 0 aliphatic heterocycles. The quantitative estimate of drug-likeness (QED) is 0.505. The summed E-state index contributed by atoms with van der Waals surface area (Å²) in [6.45, 7) is 0.0990. The van der Waals surface area contributed by atoms with Gasteiger partial charge in [-0.15, -0.1) is 0 Å². The molecule has 4 aromatic rings. The third-order valence-electron chi connectivity index (χ3n) is 4.73. The van der Waals surface area contributed by atoms with Crippen molar-refractivity contribution >= 4 is 0 Å². The zero-order valence-corrected chi connectivity index (χ0v) is 15.3. The average molecular weight is 371 g/mol. The van der Waals surface area contributed by atoms with E-state index < -0.39 is 5.54 Å². The van der Waals surface area contributed by atoms with Crippen LogP contribution < -0.4 is 4.74 Å². The molecule has 28 heavy (non-hydrogen) atoms. The first kappa shape index (κ1) is 17.9. The topological polar surface area (TPSA) is 60.2 Å². The minimum Gasteiger partial charge on any atom is -0.473 e. The van der Waals surface area contributed by atoms with Gasteiger partial charge in [-0.3, -0.25) is 0 Å². The predicted molar refractivity (Wildman–Crippen MR) is 107 cm³/mol. The molecule has 0 saturated heterocycles. The maximum absolute atomic E-state index is 9.05. The van der Waals surface area contributed by atoms with Crippen molar-refractivity contribution in [2.45, 2.75) is 5.54 Å². The molecule has 0 unspecified atom stereocenters. The van der Waals surface area contributed by atoms with Gasteiger partial charge >= 0.3 is 0 Å². The predicted octanol–water partition coefficient (Wildman–Crippen LogP) is 3.49. The summed E-state index contributed by atoms with van der Waals surface area (Å²) >= 11 is 0. The maximum Gasteiger partial charge on any atom is 0.253 e. The molecule has 0 saturated carbocycles. The number of aromatic nitrogens is 3. The van der Waals surface area contributed by atoms with Crippen LogP contribution in [0.25, 0.3) is 0 Å². The third-order valence-corrected chi connectivity index (χ3v) is 4.73. The number of ether oxygens (including phenoxy) is 1. The van der Waals surface area contributed by atoms with E-state index in [-0.39, 0.29) is 13.2 Å². The molecule has 4 rings (SSSR count). The van der Waals surface area contributed by atoms with Crippen LogP contribution in [0.4, 0.5) is 0 Å². The molecule has 0 amide bonds. The van der Waals surface area contributed by atoms with Crippen molar-refractivity contribution in [3.63, 3.8) is 0 Å². The number of nitrogens with zero attached hydrogens (tertiary/aromatic N) is 3. The first-order valence-corrected chi connectivity index (χ1v) is 9.19. The second kappa shape index (κ2) is 8.06. The molecule has 0 spiro atoms. The lowest BCUT2D eigenvalue weighted by Crippen LogP contribution is -2.38. The van der Waals surface area contributed by atoms with Crippen molar-refractivity contribution in [3.8, 4) is 5.88 Å². The fourth-order valence-corrected chi connectivity index (χ4v) is 3.56. The summed E-state index contributed by atoms with van der Waals surface area (Å²) in [5, 5.41) is 17.7. The van der Waals surface area contributed by atoms with E-state index in [0.717, 1.165) is 16.7 Å². The molecule has 1 aromatic heterocycles. The zero-order valence-electron chi connectivity index (χ0n) is 15.3. The van der Waals surface area contributed by atoms with Crippen LogP contribution in [0.1, 0.15) is 16.7 Å². The van der Waals surface area contributed by atoms with Crippen molar-refractivity contribution in [2.24, 2.45) is 0 Å². The highest BCUT2D eigenvalue weighted by Crippen LogP contribution is 2.40. The van der Waals surface area contributed by atoms with E-state index in [1.54, 1.807) is 6.20 Å². The highest BCUT2D eigenvalue weighted by molar-refractivity contribution is 5.50. The lowest BCUT2D eigenvalue weighted by molar-refractivity contribution is 0.196. The van der Waals surface area contributed by atoms with E-state index in [4.69, 9.17) is 9.84 Å². The normalized spacial score (nSPS) is 11.3. The van der Waals surface area contributed by atoms with Gasteiger partial charge in [0.2, 0.25) is 0 Å². The van der Waals surface area contributed by atoms with Gasteiger partial charge in [-0.25, -0.2) is 4.68 Å². The lowest BCUT2D eigenvalue weighted by Gasteiger charge is -2.35. The Bertz CT molecular complexity index is 905. The van der Waals surface area contributed by atoms with E-state index in [9.17, 15) is 0 Å². The van der Waals surface area contributed by atoms with E-state index >= 15 is 0 Å². The van der Waals surface area contributed by atoms with Crippen LogP contribution in [0.15, 0.2) is 97.2 Å². The molecule has 3 aromatic carbocycles. The minimum atomic E-state index is -0.711. The number of hydrogen-bond donors (Lipinski definition) is 1. The van der Waals surface area contributed by atoms with Gasteiger partial charge in [-0.1, -0.05) is 101 Å². The van der Waals surface area contributed by atoms with Crippen LogP contribution in [0.5, 0.6) is 5.88 Å². The van der Waals surface area contributed by atoms with Gasteiger partial charge in [0.15, 0.2) is 0 Å². The SMILES string of the molecule is OCCOc1cn(C(c2ccccc2)(c2ccccc2)c2ccccc2)nn1. The van der Waals surface area contributed by atoms with Crippen molar-refractivity contribution in [1.29, 1.82) is 0 Å². The molecule has 0 aliphatic carbocycles. The summed E-state index contributed by atoms with van der Waals surface area (Å²) in [7, 11) is 0. The van der Waals surface area contributed by atoms with Gasteiger partial charge in [-0.05, 0) is 16.7 Å². The molecule has 5 nitrogen and oxygen atoms in total. The Balaban J connectivity index is 2.00. The maximum atomic E-state index is 9.05. The summed E-state index contributed by atoms with van der Waals surface area (Å²) < 4.78 is 7.33. The minimum absolute atomic E-state index is 0.0753. The molecule has 0 bridgehead atoms. The first-order chi connectivity index (χ1) is 13.9. The molecule has 0 radical (unpaired) electrons. The molecule has 1 heterocycles. The largest absolute Gasteiger partial charge is 0.473 e. The van der Waals surface area contributed by atoms with Crippen LogP contribution in [0.2, 0.25) is 0 Å². The van der Waals surface area contributed by atoms with E-state index in [1.165, 1.54) is 0 Å². The molecule has 140 valence electrons. The summed E-state index contributed by atoms with van der Waals surface area (Å²) in [5.74, 6) is 0.376. The van der Waals surface area contributed by atoms with Gasteiger partial charge in [-0.2, -0.15) is 0 Å². The summed E-state index contributed by atoms with van der Waals surface area (Å²) in [5.41, 5.74) is 2.47. The number of aliphatic hydroxyl groups is 1. The smallest absolute Gasteiger partial charge is 0.253 e. The van der Waals surface area contributed by atoms with E-state index in [2.05, 4.69) is 46.7 Å². The van der Waals surface area contributed by atoms with E-state index in [0.29, 0.717) is 5.88 Å². The van der Waals surface area contributed by atoms with Crippen LogP contribution in [-0.2, 0) is 5.54 Å². The number of benzene rings is 3. The van der Waals surface area contributed by atoms with Gasteiger partial charge in [0.1, 0.15) is 12.1 Å². The van der Waals surface area contributed by atoms with Crippen LogP contribution in [0, 0.1) is 0 Å². The fraction of sp³-hybridized carbons (Fsp3) is 0.130. The molecule has 5 heteroatoms. The first-order valence-electron chi connectivity index (χ1n) is 9.19. The Labute approximate surface area is 163 Å². The molecule has 0 atom stereocenters. The Morgan fingerprint density at radius 1 is 0.750 bits per heavy atom. The van der Waals surface area contributed by atoms with Crippen molar-refractivity contribution < 1.29 is 9.84 Å². The number of aliphatic hydroxyl groups excluding tert-OH is 1. The van der Waals surface area contributed by atoms with Crippen molar-refractivity contribution in [3.05, 3.63) is 114 Å². The summed E-state index contributed by atoms with van der Waals surface area (Å²) in [6, 6.07) is 30.7. The highest BCUT2D eigenvalue weighted by atomic mass is 16.5. The average Bonchev–Trinajstić information content (AvgIpc) is 3.24. The van der Waals surface area contributed by atoms with Gasteiger partial charge in [0.25, 0.3) is 5.88 Å². The molecule has 0 fully saturated rings. The van der Waals surface area contributed by atoms with Crippen molar-refractivity contribution in [2.75, 3.05) is 13.2 Å². The Morgan fingerprint density at radius 2 is 1.21 bits per heavy atom. The van der Waals surface area contributed by atoms with Crippen molar-refractivity contribution in [1.82, 2.24) is 15.0 Å². The Morgan fingerprint density at radius 3 is 1.64 bits per heavy atom. The Kier molecular flexibility index (Phi) is 5.17. The molecule has 1 N–H and O–H groups in total. The summed E-state index contributed by atoms with van der Waals surface area (Å²) in [6.07, 6.45) is 1.78. The van der Waals surface area contributed by atoms with Gasteiger partial charge in [0, 0.05) is 0 Å². The van der Waals surface area contributed by atoms with Crippen LogP contribution in [0.3, 0.4) is 0 Å². The lowest BCUT2D eigenvalue weighted by atomic mass is 9.77. The molecular formula is C23H21N3O2. The van der Waals surface area contributed by atoms with Gasteiger partial charge in [0.05, 0.1) is 12.8 Å². The number of hydrogen-bond acceptors (Lipinski definition) is 4. The van der Waals surface area contributed by atoms with Crippen LogP contribution in [-0.4, -0.2) is 33.3 Å². The molecular weight excluding hydrogens is 350 g/mol. The second-order valence-corrected chi connectivity index (χ2v) is 6.38. The fourth-order valence-electron chi connectivity index (χ4n) is 3.56. The summed E-state index contributed by atoms with van der Waals surface area (Å²) in [4.78, 5) is 0. The highest BCUT2D eigenvalue weighted by Gasteiger charge is 2.39. The van der Waals surface area contributed by atoms with Gasteiger partial charge < -0.3 is 9.84 Å². The third kappa shape index (κ3) is 3.17. The standard InChI is InChI=1S/C23H21N3O2/c27-16-17-28-22-18-26(25-24-22)23(19-10-4-1-5-11-19,20-12-6-2-7-13-20)21-14-8-3-9-15-21/h1-15,18,27H,16-17H2. The molecule has 0 aliphatic rings. The van der Waals surface area contributed by atoms with Crippen LogP contribution >= 0.6 is 0 Å². The number of rotatable bonds is 7. The second-order valence-electron chi connectivity index (χ2n) is 6.38. The Hall–Kier alpha value is -3.44. The zero-order chi connectivity index (χ0) is 19.2.